The maximum Gasteiger partial charge on any atom is 0.396 e. The number of hydrogen-bond donors (Lipinski definition) is 0. The molecule has 0 unspecified atom stereocenters. The van der Waals surface area contributed by atoms with E-state index in [-0.39, 0.29) is 5.89 Å². The van der Waals surface area contributed by atoms with E-state index in [9.17, 15) is 4.79 Å². The maximum atomic E-state index is 11.3. The number of thioether (sulfide) groups is 1. The van der Waals surface area contributed by atoms with E-state index >= 15 is 0 Å². The number of esters is 1. The predicted octanol–water partition coefficient (Wildman–Crippen LogP) is 2.92. The molecule has 0 N–H and O–H groups in total. The third kappa shape index (κ3) is 3.73. The van der Waals surface area contributed by atoms with Gasteiger partial charge in [-0.15, -0.1) is 5.10 Å². The largest absolute Gasteiger partial charge is 0.459 e. The lowest BCUT2D eigenvalue weighted by molar-refractivity contribution is 0.0475. The van der Waals surface area contributed by atoms with Crippen molar-refractivity contribution in [2.75, 3.05) is 12.4 Å². The molecule has 0 aliphatic heterocycles. The summed E-state index contributed by atoms with van der Waals surface area (Å²) in [5.74, 6) is 1.22. The molecule has 6 heteroatoms. The molecule has 18 heavy (non-hydrogen) atoms. The van der Waals surface area contributed by atoms with Crippen LogP contribution in [-0.2, 0) is 4.74 Å². The van der Waals surface area contributed by atoms with Gasteiger partial charge in [0, 0.05) is 5.75 Å². The van der Waals surface area contributed by atoms with E-state index in [4.69, 9.17) is 9.15 Å². The number of aromatic nitrogens is 2. The SMILES string of the molecule is CCOC(=O)c1nnc(SCCC2CCCC2)o1. The summed E-state index contributed by atoms with van der Waals surface area (Å²) in [6.45, 7) is 2.05. The van der Waals surface area contributed by atoms with Gasteiger partial charge in [-0.1, -0.05) is 42.5 Å². The Hall–Kier alpha value is -1.04. The van der Waals surface area contributed by atoms with Gasteiger partial charge in [0.15, 0.2) is 0 Å². The normalized spacial score (nSPS) is 16.1. The molecule has 2 rings (SSSR count). The summed E-state index contributed by atoms with van der Waals surface area (Å²) in [6.07, 6.45) is 6.60. The number of carbonyl (C=O) groups excluding carboxylic acids is 1. The molecule has 0 aromatic carbocycles. The van der Waals surface area contributed by atoms with Crippen LogP contribution in [0.3, 0.4) is 0 Å². The molecule has 0 amide bonds. The van der Waals surface area contributed by atoms with Crippen LogP contribution >= 0.6 is 11.8 Å². The molecule has 1 heterocycles. The molecule has 1 saturated carbocycles. The van der Waals surface area contributed by atoms with Gasteiger partial charge in [0.1, 0.15) is 0 Å². The topological polar surface area (TPSA) is 65.2 Å². The van der Waals surface area contributed by atoms with E-state index in [1.807, 2.05) is 0 Å². The van der Waals surface area contributed by atoms with Crippen LogP contribution in [0.1, 0.15) is 49.7 Å². The Balaban J connectivity index is 1.74. The molecule has 0 bridgehead atoms. The number of ether oxygens (including phenoxy) is 1. The Kier molecular flexibility index (Phi) is 5.04. The molecule has 1 aromatic heterocycles. The van der Waals surface area contributed by atoms with E-state index in [1.54, 1.807) is 6.92 Å². The van der Waals surface area contributed by atoms with Gasteiger partial charge in [-0.25, -0.2) is 4.79 Å². The minimum absolute atomic E-state index is 0.0554. The molecule has 1 fully saturated rings. The summed E-state index contributed by atoms with van der Waals surface area (Å²) < 4.78 is 10.0. The van der Waals surface area contributed by atoms with Crippen LogP contribution < -0.4 is 0 Å². The zero-order chi connectivity index (χ0) is 12.8. The molecule has 0 atom stereocenters. The second kappa shape index (κ2) is 6.78. The Labute approximate surface area is 111 Å². The number of hydrogen-bond acceptors (Lipinski definition) is 6. The molecule has 1 aromatic rings. The molecule has 0 radical (unpaired) electrons. The highest BCUT2D eigenvalue weighted by Gasteiger charge is 2.17. The highest BCUT2D eigenvalue weighted by atomic mass is 32.2. The smallest absolute Gasteiger partial charge is 0.396 e. The lowest BCUT2D eigenvalue weighted by atomic mass is 10.1. The fourth-order valence-corrected chi connectivity index (χ4v) is 3.02. The Morgan fingerprint density at radius 1 is 1.44 bits per heavy atom. The van der Waals surface area contributed by atoms with Crippen LogP contribution in [0.15, 0.2) is 9.64 Å². The van der Waals surface area contributed by atoms with Crippen LogP contribution in [0.25, 0.3) is 0 Å². The highest BCUT2D eigenvalue weighted by molar-refractivity contribution is 7.99. The van der Waals surface area contributed by atoms with Crippen molar-refractivity contribution in [3.8, 4) is 0 Å². The van der Waals surface area contributed by atoms with E-state index in [0.29, 0.717) is 11.8 Å². The van der Waals surface area contributed by atoms with Gasteiger partial charge >= 0.3 is 11.9 Å². The van der Waals surface area contributed by atoms with Crippen molar-refractivity contribution in [3.63, 3.8) is 0 Å². The summed E-state index contributed by atoms with van der Waals surface area (Å²) in [5.41, 5.74) is 0. The van der Waals surface area contributed by atoms with Crippen molar-refractivity contribution in [2.24, 2.45) is 5.92 Å². The summed E-state index contributed by atoms with van der Waals surface area (Å²) in [5, 5.41) is 7.96. The van der Waals surface area contributed by atoms with Crippen molar-refractivity contribution in [1.82, 2.24) is 10.2 Å². The van der Waals surface area contributed by atoms with Crippen LogP contribution in [0, 0.1) is 5.92 Å². The Morgan fingerprint density at radius 3 is 2.94 bits per heavy atom. The van der Waals surface area contributed by atoms with Crippen molar-refractivity contribution in [3.05, 3.63) is 5.89 Å². The Morgan fingerprint density at radius 2 is 2.22 bits per heavy atom. The molecule has 0 saturated heterocycles. The van der Waals surface area contributed by atoms with Gasteiger partial charge in [0.25, 0.3) is 5.22 Å². The van der Waals surface area contributed by atoms with E-state index in [1.165, 1.54) is 43.9 Å². The number of carbonyl (C=O) groups is 1. The fourth-order valence-electron chi connectivity index (χ4n) is 2.16. The third-order valence-electron chi connectivity index (χ3n) is 3.08. The van der Waals surface area contributed by atoms with Crippen molar-refractivity contribution >= 4 is 17.7 Å². The van der Waals surface area contributed by atoms with Crippen LogP contribution in [-0.4, -0.2) is 28.5 Å². The standard InChI is InChI=1S/C12H18N2O3S/c1-2-16-11(15)10-13-14-12(17-10)18-8-7-9-5-3-4-6-9/h9H,2-8H2,1H3. The molecule has 5 nitrogen and oxygen atoms in total. The van der Waals surface area contributed by atoms with Gasteiger partial charge in [-0.05, 0) is 19.3 Å². The van der Waals surface area contributed by atoms with Crippen LogP contribution in [0.5, 0.6) is 0 Å². The lowest BCUT2D eigenvalue weighted by Crippen LogP contribution is -2.04. The van der Waals surface area contributed by atoms with Crippen LogP contribution in [0.4, 0.5) is 0 Å². The molecule has 1 aliphatic rings. The first-order valence-electron chi connectivity index (χ1n) is 6.43. The summed E-state index contributed by atoms with van der Waals surface area (Å²) in [4.78, 5) is 11.3. The number of nitrogens with zero attached hydrogens (tertiary/aromatic N) is 2. The minimum Gasteiger partial charge on any atom is -0.459 e. The van der Waals surface area contributed by atoms with Crippen molar-refractivity contribution < 1.29 is 13.9 Å². The second-order valence-corrected chi connectivity index (χ2v) is 5.43. The average Bonchev–Trinajstić information content (AvgIpc) is 3.00. The van der Waals surface area contributed by atoms with Crippen LogP contribution in [0.2, 0.25) is 0 Å². The van der Waals surface area contributed by atoms with Gasteiger partial charge < -0.3 is 9.15 Å². The molecule has 0 spiro atoms. The van der Waals surface area contributed by atoms with E-state index < -0.39 is 5.97 Å². The number of rotatable bonds is 6. The first-order chi connectivity index (χ1) is 8.79. The van der Waals surface area contributed by atoms with Gasteiger partial charge in [-0.2, -0.15) is 0 Å². The van der Waals surface area contributed by atoms with E-state index in [0.717, 1.165) is 11.7 Å². The van der Waals surface area contributed by atoms with Crippen molar-refractivity contribution in [2.45, 2.75) is 44.3 Å². The fraction of sp³-hybridized carbons (Fsp3) is 0.750. The molecule has 100 valence electrons. The van der Waals surface area contributed by atoms with Gasteiger partial charge in [-0.3, -0.25) is 0 Å². The highest BCUT2D eigenvalue weighted by Crippen LogP contribution is 2.29. The van der Waals surface area contributed by atoms with Gasteiger partial charge in [0.05, 0.1) is 6.61 Å². The molecule has 1 aliphatic carbocycles. The van der Waals surface area contributed by atoms with Crippen molar-refractivity contribution in [1.29, 1.82) is 0 Å². The zero-order valence-corrected chi connectivity index (χ0v) is 11.4. The average molecular weight is 270 g/mol. The minimum atomic E-state index is -0.548. The Bertz CT molecular complexity index is 388. The first-order valence-corrected chi connectivity index (χ1v) is 7.41. The first kappa shape index (κ1) is 13.4. The summed E-state index contributed by atoms with van der Waals surface area (Å²) in [6, 6.07) is 0. The van der Waals surface area contributed by atoms with E-state index in [2.05, 4.69) is 10.2 Å². The second-order valence-electron chi connectivity index (χ2n) is 4.38. The lowest BCUT2D eigenvalue weighted by Gasteiger charge is -2.05. The predicted molar refractivity (Wildman–Crippen MR) is 67.6 cm³/mol. The van der Waals surface area contributed by atoms with Gasteiger partial charge in [0.2, 0.25) is 0 Å². The summed E-state index contributed by atoms with van der Waals surface area (Å²) in [7, 11) is 0. The molecular weight excluding hydrogens is 252 g/mol. The zero-order valence-electron chi connectivity index (χ0n) is 10.6. The summed E-state index contributed by atoms with van der Waals surface area (Å²) >= 11 is 1.52. The third-order valence-corrected chi connectivity index (χ3v) is 3.93. The quantitative estimate of drug-likeness (QED) is 0.585. The maximum absolute atomic E-state index is 11.3. The molecular formula is C12H18N2O3S. The monoisotopic (exact) mass is 270 g/mol.